The lowest BCUT2D eigenvalue weighted by atomic mass is 9.94. The molecule has 0 fully saturated rings. The lowest BCUT2D eigenvalue weighted by molar-refractivity contribution is -0.646. The fraction of sp³-hybridized carbons (Fsp3) is 0.310. The van der Waals surface area contributed by atoms with Gasteiger partial charge in [-0.3, -0.25) is 0 Å². The van der Waals surface area contributed by atoms with Crippen molar-refractivity contribution in [3.63, 3.8) is 0 Å². The quantitative estimate of drug-likeness (QED) is 0.128. The lowest BCUT2D eigenvalue weighted by Gasteiger charge is -2.19. The van der Waals surface area contributed by atoms with Crippen LogP contribution < -0.4 is 9.75 Å². The van der Waals surface area contributed by atoms with Crippen LogP contribution >= 0.6 is 0 Å². The second-order valence-corrected chi connectivity index (χ2v) is 16.2. The Morgan fingerprint density at radius 2 is 1.70 bits per heavy atom. The molecule has 0 radical (unpaired) electrons. The first-order valence-corrected chi connectivity index (χ1v) is 15.5. The minimum atomic E-state index is -1.54. The molecule has 4 heteroatoms. The highest BCUT2D eigenvalue weighted by Crippen LogP contribution is 2.43. The molecule has 0 N–H and O–H groups in total. The maximum atomic E-state index is 4.93. The van der Waals surface area contributed by atoms with Gasteiger partial charge in [0, 0.05) is 10.8 Å². The van der Waals surface area contributed by atoms with Gasteiger partial charge in [0.1, 0.15) is 5.52 Å². The minimum absolute atomic E-state index is 0.465. The predicted octanol–water partition coefficient (Wildman–Crippen LogP) is 6.49. The van der Waals surface area contributed by atoms with Crippen molar-refractivity contribution >= 4 is 62.4 Å². The summed E-state index contributed by atoms with van der Waals surface area (Å²) < 4.78 is 4.78. The summed E-state index contributed by atoms with van der Waals surface area (Å²) in [5, 5.41) is 6.87. The summed E-state index contributed by atoms with van der Waals surface area (Å²) in [6, 6.07) is 14.1. The van der Waals surface area contributed by atoms with Gasteiger partial charge in [-0.15, -0.1) is 0 Å². The zero-order valence-corrected chi connectivity index (χ0v) is 22.0. The molecule has 3 nitrogen and oxygen atoms in total. The number of benzene rings is 3. The fourth-order valence-corrected chi connectivity index (χ4v) is 6.89. The summed E-state index contributed by atoms with van der Waals surface area (Å²) in [4.78, 5) is 4.93. The maximum absolute atomic E-state index is 4.93. The maximum Gasteiger partial charge on any atom is 0.287 e. The number of aryl methyl sites for hydroxylation is 3. The second-order valence-electron chi connectivity index (χ2n) is 11.2. The third-order valence-corrected chi connectivity index (χ3v) is 9.67. The summed E-state index contributed by atoms with van der Waals surface area (Å²) in [5.74, 6) is 0.465. The second kappa shape index (κ2) is 6.54. The Labute approximate surface area is 196 Å². The van der Waals surface area contributed by atoms with Crippen LogP contribution in [0.1, 0.15) is 36.5 Å². The Bertz CT molecular complexity index is 1750. The number of fused-ring (bicyclic) bond motifs is 5. The van der Waals surface area contributed by atoms with Gasteiger partial charge in [0.2, 0.25) is 0 Å². The van der Waals surface area contributed by atoms with Crippen LogP contribution in [0.25, 0.3) is 49.1 Å². The van der Waals surface area contributed by atoms with Crippen LogP contribution in [-0.2, 0) is 7.05 Å². The Kier molecular flexibility index (Phi) is 4.08. The lowest BCUT2D eigenvalue weighted by Crippen LogP contribution is -2.38. The van der Waals surface area contributed by atoms with E-state index in [1.807, 2.05) is 6.33 Å². The molecule has 0 spiro atoms. The van der Waals surface area contributed by atoms with Crippen molar-refractivity contribution in [2.45, 2.75) is 53.3 Å². The topological polar surface area (TPSA) is 21.2 Å². The van der Waals surface area contributed by atoms with Crippen molar-refractivity contribution in [2.75, 3.05) is 0 Å². The Balaban J connectivity index is 2.07. The van der Waals surface area contributed by atoms with Gasteiger partial charge in [0.15, 0.2) is 5.52 Å². The zero-order valence-electron chi connectivity index (χ0n) is 21.0. The number of nitrogens with zero attached hydrogens (tertiary/aromatic N) is 3. The zero-order chi connectivity index (χ0) is 23.4. The van der Waals surface area contributed by atoms with Crippen molar-refractivity contribution < 1.29 is 4.57 Å². The first-order valence-electron chi connectivity index (χ1n) is 12.0. The summed E-state index contributed by atoms with van der Waals surface area (Å²) in [5.41, 5.74) is 10.5. The molecule has 166 valence electrons. The van der Waals surface area contributed by atoms with Gasteiger partial charge >= 0.3 is 0 Å². The number of aromatic nitrogens is 3. The van der Waals surface area contributed by atoms with E-state index in [2.05, 4.69) is 99.7 Å². The molecule has 0 aliphatic carbocycles. The normalized spacial score (nSPS) is 13.1. The standard InChI is InChI=1S/C29H32N3Si/c1-16(2)20-10-9-11-23-26(20)21-12-17(3)18(4)25-28(21)32(23)24-14-19(33(6,7)8)13-22-27(24)29(25)31(5)15-30-22/h9-16H,1-8H3/q+1. The number of hydrogen-bond acceptors (Lipinski definition) is 1. The first kappa shape index (κ1) is 20.6. The fourth-order valence-electron chi connectivity index (χ4n) is 5.75. The van der Waals surface area contributed by atoms with E-state index < -0.39 is 8.07 Å². The van der Waals surface area contributed by atoms with E-state index in [0.717, 1.165) is 5.52 Å². The average molecular weight is 451 g/mol. The van der Waals surface area contributed by atoms with Crippen molar-refractivity contribution in [1.29, 1.82) is 0 Å². The van der Waals surface area contributed by atoms with Gasteiger partial charge in [0.25, 0.3) is 6.33 Å². The largest absolute Gasteiger partial charge is 0.308 e. The van der Waals surface area contributed by atoms with Gasteiger partial charge < -0.3 is 4.40 Å². The summed E-state index contributed by atoms with van der Waals surface area (Å²) in [6.45, 7) is 16.4. The number of rotatable bonds is 2. The van der Waals surface area contributed by atoms with E-state index >= 15 is 0 Å². The molecule has 3 heterocycles. The molecule has 3 aromatic heterocycles. The Morgan fingerprint density at radius 3 is 2.39 bits per heavy atom. The van der Waals surface area contributed by atoms with Crippen LogP contribution in [0.15, 0.2) is 42.7 Å². The summed E-state index contributed by atoms with van der Waals surface area (Å²) in [6.07, 6.45) is 2.00. The molecule has 33 heavy (non-hydrogen) atoms. The molecule has 0 aliphatic heterocycles. The molecule has 0 unspecified atom stereocenters. The minimum Gasteiger partial charge on any atom is -0.308 e. The summed E-state index contributed by atoms with van der Waals surface area (Å²) in [7, 11) is 0.607. The van der Waals surface area contributed by atoms with Crippen LogP contribution in [0.4, 0.5) is 0 Å². The van der Waals surface area contributed by atoms with E-state index in [-0.39, 0.29) is 0 Å². The van der Waals surface area contributed by atoms with Crippen molar-refractivity contribution in [3.05, 3.63) is 59.4 Å². The van der Waals surface area contributed by atoms with Crippen LogP contribution in [-0.4, -0.2) is 17.5 Å². The van der Waals surface area contributed by atoms with E-state index in [0.29, 0.717) is 5.92 Å². The smallest absolute Gasteiger partial charge is 0.287 e. The van der Waals surface area contributed by atoms with Gasteiger partial charge in [-0.05, 0) is 65.7 Å². The number of pyridine rings is 1. The van der Waals surface area contributed by atoms with Crippen LogP contribution in [0.2, 0.25) is 19.6 Å². The van der Waals surface area contributed by atoms with Gasteiger partial charge in [-0.1, -0.05) is 50.8 Å². The SMILES string of the molecule is Cc1cc2c3c(C(C)C)cccc3n3c4cc([Si](C)(C)C)cc5nc[n+](C)c(c(c1C)c23)c54. The molecule has 0 atom stereocenters. The van der Waals surface area contributed by atoms with Crippen molar-refractivity contribution in [2.24, 2.45) is 7.05 Å². The average Bonchev–Trinajstić information content (AvgIpc) is 3.08. The number of hydrogen-bond donors (Lipinski definition) is 0. The monoisotopic (exact) mass is 450 g/mol. The molecular weight excluding hydrogens is 418 g/mol. The van der Waals surface area contributed by atoms with E-state index in [1.165, 1.54) is 65.5 Å². The first-order chi connectivity index (χ1) is 15.6. The summed E-state index contributed by atoms with van der Waals surface area (Å²) >= 11 is 0. The predicted molar refractivity (Wildman–Crippen MR) is 144 cm³/mol. The van der Waals surface area contributed by atoms with Gasteiger partial charge in [0.05, 0.1) is 42.4 Å². The molecule has 0 amide bonds. The van der Waals surface area contributed by atoms with Crippen LogP contribution in [0.5, 0.6) is 0 Å². The van der Waals surface area contributed by atoms with Gasteiger partial charge in [-0.25, -0.2) is 4.57 Å². The van der Waals surface area contributed by atoms with Crippen LogP contribution in [0.3, 0.4) is 0 Å². The highest BCUT2D eigenvalue weighted by molar-refractivity contribution is 6.89. The molecule has 6 rings (SSSR count). The molecule has 0 saturated carbocycles. The third kappa shape index (κ3) is 2.61. The van der Waals surface area contributed by atoms with Crippen molar-refractivity contribution in [1.82, 2.24) is 9.38 Å². The molecule has 0 aliphatic rings. The van der Waals surface area contributed by atoms with Crippen LogP contribution in [0, 0.1) is 13.8 Å². The highest BCUT2D eigenvalue weighted by Gasteiger charge is 2.28. The van der Waals surface area contributed by atoms with E-state index in [4.69, 9.17) is 4.98 Å². The molecule has 0 bridgehead atoms. The molecule has 0 saturated heterocycles. The van der Waals surface area contributed by atoms with Crippen molar-refractivity contribution in [3.8, 4) is 0 Å². The third-order valence-electron chi connectivity index (χ3n) is 7.65. The van der Waals surface area contributed by atoms with Gasteiger partial charge in [-0.2, -0.15) is 0 Å². The molecule has 3 aromatic carbocycles. The molecular formula is C29H32N3Si+. The van der Waals surface area contributed by atoms with E-state index in [1.54, 1.807) is 0 Å². The molecule has 6 aromatic rings. The Hall–Kier alpha value is -2.98. The Morgan fingerprint density at radius 1 is 0.939 bits per heavy atom. The van der Waals surface area contributed by atoms with E-state index in [9.17, 15) is 0 Å². The highest BCUT2D eigenvalue weighted by atomic mass is 28.3.